The van der Waals surface area contributed by atoms with Gasteiger partial charge in [-0.1, -0.05) is 24.3 Å². The van der Waals surface area contributed by atoms with Crippen LogP contribution in [0, 0.1) is 0 Å². The summed E-state index contributed by atoms with van der Waals surface area (Å²) in [5.74, 6) is 0. The van der Waals surface area contributed by atoms with Gasteiger partial charge in [-0.3, -0.25) is 23.4 Å². The molecule has 1 aliphatic rings. The summed E-state index contributed by atoms with van der Waals surface area (Å²) in [5.41, 5.74) is 2.89. The largest absolute Gasteiger partial charge is 0.465 e. The van der Waals surface area contributed by atoms with Gasteiger partial charge in [0, 0.05) is 40.3 Å². The van der Waals surface area contributed by atoms with E-state index in [1.807, 2.05) is 11.5 Å². The zero-order chi connectivity index (χ0) is 20.5. The molecule has 4 rings (SSSR count). The molecule has 0 radical (unpaired) electrons. The molecule has 8 nitrogen and oxygen atoms in total. The molecule has 0 atom stereocenters. The summed E-state index contributed by atoms with van der Waals surface area (Å²) in [4.78, 5) is 31.9. The highest BCUT2D eigenvalue weighted by atomic mass is 16.5. The van der Waals surface area contributed by atoms with Gasteiger partial charge in [-0.2, -0.15) is 4.98 Å². The molecule has 154 valence electrons. The maximum Gasteiger partial charge on any atom is 0.332 e. The Bertz CT molecular complexity index is 1160. The fourth-order valence-electron chi connectivity index (χ4n) is 4.07. The molecule has 8 heteroatoms. The molecule has 1 aromatic carbocycles. The predicted molar refractivity (Wildman–Crippen MR) is 111 cm³/mol. The average Bonchev–Trinajstić information content (AvgIpc) is 3.09. The number of benzene rings is 1. The minimum atomic E-state index is -0.387. The SMILES string of the molecule is CCOc1nc2c(c(=O)n(C)c(=O)n2C)n1CCCN1CCc2ccccc2C1. The molecule has 3 aromatic rings. The minimum Gasteiger partial charge on any atom is -0.465 e. The number of rotatable bonds is 6. The van der Waals surface area contributed by atoms with Gasteiger partial charge < -0.3 is 4.74 Å². The third kappa shape index (κ3) is 3.48. The average molecular weight is 397 g/mol. The molecule has 0 fully saturated rings. The molecule has 0 aliphatic carbocycles. The van der Waals surface area contributed by atoms with Crippen LogP contribution in [0.1, 0.15) is 24.5 Å². The summed E-state index contributed by atoms with van der Waals surface area (Å²) in [5, 5.41) is 0. The number of ether oxygens (including phenoxy) is 1. The standard InChI is InChI=1S/C21H27N5O3/c1-4-29-20-22-18-17(19(27)24(3)21(28)23(18)2)26(20)12-7-11-25-13-10-15-8-5-6-9-16(15)14-25/h5-6,8-9H,4,7,10-14H2,1-3H3. The van der Waals surface area contributed by atoms with Crippen LogP contribution in [0.3, 0.4) is 0 Å². The van der Waals surface area contributed by atoms with Gasteiger partial charge >= 0.3 is 5.69 Å². The third-order valence-electron chi connectivity index (χ3n) is 5.65. The van der Waals surface area contributed by atoms with Gasteiger partial charge in [0.25, 0.3) is 11.6 Å². The number of hydrogen-bond acceptors (Lipinski definition) is 5. The Morgan fingerprint density at radius 3 is 2.59 bits per heavy atom. The van der Waals surface area contributed by atoms with Crippen molar-refractivity contribution in [3.05, 3.63) is 56.2 Å². The zero-order valence-electron chi connectivity index (χ0n) is 17.2. The molecule has 0 saturated heterocycles. The Hall–Kier alpha value is -2.87. The monoisotopic (exact) mass is 397 g/mol. The second-order valence-electron chi connectivity index (χ2n) is 7.51. The highest BCUT2D eigenvalue weighted by molar-refractivity contribution is 5.71. The summed E-state index contributed by atoms with van der Waals surface area (Å²) < 4.78 is 10.0. The minimum absolute atomic E-state index is 0.339. The van der Waals surface area contributed by atoms with Crippen molar-refractivity contribution < 1.29 is 4.74 Å². The number of hydrogen-bond donors (Lipinski definition) is 0. The van der Waals surface area contributed by atoms with E-state index in [0.717, 1.165) is 37.0 Å². The number of aryl methyl sites for hydroxylation is 2. The molecule has 29 heavy (non-hydrogen) atoms. The van der Waals surface area contributed by atoms with Crippen LogP contribution in [0.5, 0.6) is 6.01 Å². The van der Waals surface area contributed by atoms with Crippen LogP contribution in [-0.4, -0.2) is 43.3 Å². The number of fused-ring (bicyclic) bond motifs is 2. The van der Waals surface area contributed by atoms with Crippen LogP contribution >= 0.6 is 0 Å². The van der Waals surface area contributed by atoms with Crippen molar-refractivity contribution in [3.63, 3.8) is 0 Å². The van der Waals surface area contributed by atoms with Crippen LogP contribution in [-0.2, 0) is 33.6 Å². The fraction of sp³-hybridized carbons (Fsp3) is 0.476. The second-order valence-corrected chi connectivity index (χ2v) is 7.51. The normalized spacial score (nSPS) is 14.3. The topological polar surface area (TPSA) is 74.3 Å². The van der Waals surface area contributed by atoms with Crippen LogP contribution in [0.4, 0.5) is 0 Å². The molecular weight excluding hydrogens is 370 g/mol. The molecule has 0 N–H and O–H groups in total. The molecule has 0 saturated carbocycles. The van der Waals surface area contributed by atoms with E-state index in [2.05, 4.69) is 34.1 Å². The van der Waals surface area contributed by atoms with E-state index in [-0.39, 0.29) is 11.2 Å². The first kappa shape index (κ1) is 19.4. The van der Waals surface area contributed by atoms with Crippen molar-refractivity contribution in [2.45, 2.75) is 32.9 Å². The van der Waals surface area contributed by atoms with E-state index in [4.69, 9.17) is 4.74 Å². The first-order valence-electron chi connectivity index (χ1n) is 10.1. The Morgan fingerprint density at radius 2 is 1.83 bits per heavy atom. The molecular formula is C21H27N5O3. The van der Waals surface area contributed by atoms with Crippen LogP contribution in [0.15, 0.2) is 33.9 Å². The van der Waals surface area contributed by atoms with Crippen molar-refractivity contribution in [2.75, 3.05) is 19.7 Å². The van der Waals surface area contributed by atoms with Crippen molar-refractivity contribution in [3.8, 4) is 6.01 Å². The van der Waals surface area contributed by atoms with Crippen molar-refractivity contribution in [2.24, 2.45) is 14.1 Å². The van der Waals surface area contributed by atoms with Crippen molar-refractivity contribution in [1.29, 1.82) is 0 Å². The lowest BCUT2D eigenvalue weighted by molar-refractivity contribution is 0.242. The van der Waals surface area contributed by atoms with Gasteiger partial charge in [-0.05, 0) is 30.9 Å². The van der Waals surface area contributed by atoms with Gasteiger partial charge in [-0.25, -0.2) is 4.79 Å². The lowest BCUT2D eigenvalue weighted by Crippen LogP contribution is -2.37. The molecule has 3 heterocycles. The van der Waals surface area contributed by atoms with E-state index < -0.39 is 0 Å². The van der Waals surface area contributed by atoms with Gasteiger partial charge in [0.1, 0.15) is 0 Å². The molecule has 0 amide bonds. The molecule has 1 aliphatic heterocycles. The maximum atomic E-state index is 12.8. The van der Waals surface area contributed by atoms with Crippen LogP contribution in [0.2, 0.25) is 0 Å². The van der Waals surface area contributed by atoms with Gasteiger partial charge in [-0.15, -0.1) is 0 Å². The smallest absolute Gasteiger partial charge is 0.332 e. The Morgan fingerprint density at radius 1 is 1.07 bits per heavy atom. The van der Waals surface area contributed by atoms with E-state index in [1.54, 1.807) is 7.05 Å². The van der Waals surface area contributed by atoms with Crippen molar-refractivity contribution in [1.82, 2.24) is 23.6 Å². The second kappa shape index (κ2) is 7.87. The summed E-state index contributed by atoms with van der Waals surface area (Å²) in [6, 6.07) is 8.99. The van der Waals surface area contributed by atoms with E-state index >= 15 is 0 Å². The summed E-state index contributed by atoms with van der Waals surface area (Å²) in [6.07, 6.45) is 1.93. The summed E-state index contributed by atoms with van der Waals surface area (Å²) in [6.45, 7) is 5.85. The number of nitrogens with zero attached hydrogens (tertiary/aromatic N) is 5. The predicted octanol–water partition coefficient (Wildman–Crippen LogP) is 1.28. The van der Waals surface area contributed by atoms with Crippen LogP contribution < -0.4 is 16.0 Å². The van der Waals surface area contributed by atoms with Gasteiger partial charge in [0.05, 0.1) is 6.61 Å². The molecule has 2 aromatic heterocycles. The van der Waals surface area contributed by atoms with E-state index in [0.29, 0.717) is 30.3 Å². The van der Waals surface area contributed by atoms with Gasteiger partial charge in [0.2, 0.25) is 0 Å². The zero-order valence-corrected chi connectivity index (χ0v) is 17.2. The van der Waals surface area contributed by atoms with E-state index in [1.165, 1.54) is 22.7 Å². The highest BCUT2D eigenvalue weighted by Gasteiger charge is 2.20. The first-order chi connectivity index (χ1) is 14.0. The lowest BCUT2D eigenvalue weighted by atomic mass is 10.00. The summed E-state index contributed by atoms with van der Waals surface area (Å²) in [7, 11) is 3.12. The van der Waals surface area contributed by atoms with Crippen LogP contribution in [0.25, 0.3) is 11.2 Å². The first-order valence-corrected chi connectivity index (χ1v) is 10.1. The quantitative estimate of drug-likeness (QED) is 0.627. The third-order valence-corrected chi connectivity index (χ3v) is 5.65. The Balaban J connectivity index is 1.57. The Kier molecular flexibility index (Phi) is 5.27. The Labute approximate surface area is 169 Å². The maximum absolute atomic E-state index is 12.8. The molecule has 0 unspecified atom stereocenters. The number of aromatic nitrogens is 4. The highest BCUT2D eigenvalue weighted by Crippen LogP contribution is 2.21. The number of imidazole rings is 1. The fourth-order valence-corrected chi connectivity index (χ4v) is 4.07. The lowest BCUT2D eigenvalue weighted by Gasteiger charge is -2.28. The summed E-state index contributed by atoms with van der Waals surface area (Å²) >= 11 is 0. The van der Waals surface area contributed by atoms with Crippen molar-refractivity contribution >= 4 is 11.2 Å². The van der Waals surface area contributed by atoms with Gasteiger partial charge in [0.15, 0.2) is 11.2 Å². The molecule has 0 bridgehead atoms. The molecule has 0 spiro atoms. The van der Waals surface area contributed by atoms with E-state index in [9.17, 15) is 9.59 Å².